The van der Waals surface area contributed by atoms with E-state index in [1.807, 2.05) is 18.7 Å². The highest BCUT2D eigenvalue weighted by Gasteiger charge is 2.26. The predicted molar refractivity (Wildman–Crippen MR) is 83.1 cm³/mol. The number of carbonyl (C=O) groups is 1. The summed E-state index contributed by atoms with van der Waals surface area (Å²) in [7, 11) is 0. The van der Waals surface area contributed by atoms with Crippen LogP contribution in [0.15, 0.2) is 0 Å². The third-order valence-corrected chi connectivity index (χ3v) is 5.36. The molecule has 2 unspecified atom stereocenters. The lowest BCUT2D eigenvalue weighted by molar-refractivity contribution is 0.0943. The molecule has 0 bridgehead atoms. The van der Waals surface area contributed by atoms with E-state index in [0.29, 0.717) is 21.1 Å². The monoisotopic (exact) mass is 300 g/mol. The highest BCUT2D eigenvalue weighted by Crippen LogP contribution is 2.29. The summed E-state index contributed by atoms with van der Waals surface area (Å²) in [5.74, 6) is 0.226. The van der Waals surface area contributed by atoms with Crippen molar-refractivity contribution in [1.82, 2.24) is 10.3 Å². The van der Waals surface area contributed by atoms with Crippen LogP contribution in [-0.4, -0.2) is 35.0 Å². The van der Waals surface area contributed by atoms with Crippen molar-refractivity contribution in [3.8, 4) is 0 Å². The summed E-state index contributed by atoms with van der Waals surface area (Å²) in [6.45, 7) is 2.75. The molecule has 0 aromatic carbocycles. The molecule has 1 aliphatic carbocycles. The molecule has 2 rings (SSSR count). The second-order valence-corrected chi connectivity index (χ2v) is 6.74. The third kappa shape index (κ3) is 3.54. The number of hydrogen-bond acceptors (Lipinski definition) is 6. The van der Waals surface area contributed by atoms with Gasteiger partial charge in [0, 0.05) is 17.8 Å². The number of thioether (sulfide) groups is 1. The molecular formula is C12H20N4OS2. The molecule has 1 heterocycles. The Morgan fingerprint density at radius 1 is 1.58 bits per heavy atom. The molecule has 1 aromatic rings. The number of rotatable bonds is 5. The van der Waals surface area contributed by atoms with Crippen molar-refractivity contribution in [1.29, 1.82) is 0 Å². The van der Waals surface area contributed by atoms with Gasteiger partial charge >= 0.3 is 0 Å². The quantitative estimate of drug-likeness (QED) is 0.776. The molecule has 2 atom stereocenters. The van der Waals surface area contributed by atoms with Gasteiger partial charge < -0.3 is 16.4 Å². The molecule has 5 nitrogen and oxygen atoms in total. The fourth-order valence-corrected chi connectivity index (χ4v) is 3.91. The number of thiazole rings is 1. The van der Waals surface area contributed by atoms with Gasteiger partial charge in [-0.3, -0.25) is 4.79 Å². The van der Waals surface area contributed by atoms with Gasteiger partial charge in [0.2, 0.25) is 0 Å². The van der Waals surface area contributed by atoms with Crippen LogP contribution in [0.25, 0.3) is 0 Å². The number of amides is 1. The van der Waals surface area contributed by atoms with Crippen LogP contribution in [0.3, 0.4) is 0 Å². The molecule has 1 amide bonds. The van der Waals surface area contributed by atoms with Crippen LogP contribution >= 0.6 is 23.1 Å². The summed E-state index contributed by atoms with van der Waals surface area (Å²) in [5.41, 5.74) is 5.79. The van der Waals surface area contributed by atoms with Gasteiger partial charge in [0.25, 0.3) is 5.91 Å². The van der Waals surface area contributed by atoms with Gasteiger partial charge in [-0.05, 0) is 32.4 Å². The zero-order valence-corrected chi connectivity index (χ0v) is 12.9. The van der Waals surface area contributed by atoms with E-state index in [1.165, 1.54) is 17.8 Å². The molecule has 0 radical (unpaired) electrons. The summed E-state index contributed by atoms with van der Waals surface area (Å²) < 4.78 is 0. The normalized spacial score (nSPS) is 22.4. The van der Waals surface area contributed by atoms with Gasteiger partial charge in [-0.2, -0.15) is 11.8 Å². The van der Waals surface area contributed by atoms with Crippen molar-refractivity contribution in [2.24, 2.45) is 0 Å². The fraction of sp³-hybridized carbons (Fsp3) is 0.667. The standard InChI is InChI=1S/C12H20N4OS2/c1-3-14-12-16-10(13)9(19-12)11(17)15-7-4-5-8(6-7)18-2/h7-8H,3-6,13H2,1-2H3,(H,14,16)(H,15,17). The summed E-state index contributed by atoms with van der Waals surface area (Å²) in [4.78, 5) is 16.8. The molecule has 1 aromatic heterocycles. The first-order chi connectivity index (χ1) is 9.13. The maximum atomic E-state index is 12.2. The Morgan fingerprint density at radius 2 is 2.37 bits per heavy atom. The molecular weight excluding hydrogens is 280 g/mol. The van der Waals surface area contributed by atoms with Gasteiger partial charge in [-0.1, -0.05) is 11.3 Å². The Balaban J connectivity index is 1.96. The van der Waals surface area contributed by atoms with Crippen LogP contribution in [0.1, 0.15) is 35.9 Å². The lowest BCUT2D eigenvalue weighted by Gasteiger charge is -2.11. The van der Waals surface area contributed by atoms with Crippen LogP contribution < -0.4 is 16.4 Å². The number of carbonyl (C=O) groups excluding carboxylic acids is 1. The van der Waals surface area contributed by atoms with E-state index in [9.17, 15) is 4.79 Å². The number of hydrogen-bond donors (Lipinski definition) is 3. The minimum atomic E-state index is -0.0918. The van der Waals surface area contributed by atoms with E-state index >= 15 is 0 Å². The van der Waals surface area contributed by atoms with E-state index in [4.69, 9.17) is 5.73 Å². The van der Waals surface area contributed by atoms with Crippen LogP contribution in [0.4, 0.5) is 10.9 Å². The van der Waals surface area contributed by atoms with E-state index in [2.05, 4.69) is 21.9 Å². The van der Waals surface area contributed by atoms with E-state index < -0.39 is 0 Å². The maximum Gasteiger partial charge on any atom is 0.265 e. The molecule has 1 fully saturated rings. The highest BCUT2D eigenvalue weighted by molar-refractivity contribution is 7.99. The average Bonchev–Trinajstić information content (AvgIpc) is 2.96. The molecule has 106 valence electrons. The second kappa shape index (κ2) is 6.47. The molecule has 1 aliphatic rings. The van der Waals surface area contributed by atoms with Crippen LogP contribution in [-0.2, 0) is 0 Å². The zero-order chi connectivity index (χ0) is 13.8. The van der Waals surface area contributed by atoms with Gasteiger partial charge in [-0.15, -0.1) is 0 Å². The topological polar surface area (TPSA) is 80.0 Å². The fourth-order valence-electron chi connectivity index (χ4n) is 2.26. The Bertz CT molecular complexity index is 449. The van der Waals surface area contributed by atoms with Gasteiger partial charge in [-0.25, -0.2) is 4.98 Å². The highest BCUT2D eigenvalue weighted by atomic mass is 32.2. The summed E-state index contributed by atoms with van der Waals surface area (Å²) in [6.07, 6.45) is 5.40. The number of nitrogen functional groups attached to an aromatic ring is 1. The molecule has 7 heteroatoms. The summed E-state index contributed by atoms with van der Waals surface area (Å²) in [6, 6.07) is 0.272. The average molecular weight is 300 g/mol. The largest absolute Gasteiger partial charge is 0.382 e. The number of nitrogens with one attached hydrogen (secondary N) is 2. The number of anilines is 2. The lowest BCUT2D eigenvalue weighted by Crippen LogP contribution is -2.33. The van der Waals surface area contributed by atoms with Gasteiger partial charge in [0.15, 0.2) is 5.13 Å². The lowest BCUT2D eigenvalue weighted by atomic mass is 10.2. The van der Waals surface area contributed by atoms with E-state index in [-0.39, 0.29) is 11.9 Å². The van der Waals surface area contributed by atoms with Crippen molar-refractivity contribution in [2.45, 2.75) is 37.5 Å². The Morgan fingerprint density at radius 3 is 3.00 bits per heavy atom. The Kier molecular flexibility index (Phi) is 4.93. The number of aromatic nitrogens is 1. The minimum Gasteiger partial charge on any atom is -0.382 e. The van der Waals surface area contributed by atoms with Crippen molar-refractivity contribution in [3.63, 3.8) is 0 Å². The van der Waals surface area contributed by atoms with E-state index in [1.54, 1.807) is 0 Å². The molecule has 0 saturated heterocycles. The molecule has 19 heavy (non-hydrogen) atoms. The van der Waals surface area contributed by atoms with Crippen molar-refractivity contribution < 1.29 is 4.79 Å². The maximum absolute atomic E-state index is 12.2. The molecule has 0 aliphatic heterocycles. The first-order valence-electron chi connectivity index (χ1n) is 6.47. The van der Waals surface area contributed by atoms with Gasteiger partial charge in [0.1, 0.15) is 10.7 Å². The molecule has 0 spiro atoms. The van der Waals surface area contributed by atoms with Crippen molar-refractivity contribution in [3.05, 3.63) is 4.88 Å². The minimum absolute atomic E-state index is 0.0918. The zero-order valence-electron chi connectivity index (χ0n) is 11.2. The van der Waals surface area contributed by atoms with Crippen LogP contribution in [0, 0.1) is 0 Å². The Hall–Kier alpha value is -0.950. The Labute approximate surface area is 121 Å². The number of nitrogens with two attached hydrogens (primary N) is 1. The first kappa shape index (κ1) is 14.5. The predicted octanol–water partition coefficient (Wildman–Crippen LogP) is 2.17. The van der Waals surface area contributed by atoms with Crippen LogP contribution in [0.2, 0.25) is 0 Å². The van der Waals surface area contributed by atoms with Gasteiger partial charge in [0.05, 0.1) is 0 Å². The third-order valence-electron chi connectivity index (χ3n) is 3.24. The second-order valence-electron chi connectivity index (χ2n) is 4.60. The summed E-state index contributed by atoms with van der Waals surface area (Å²) in [5, 5.41) is 7.52. The molecule has 4 N–H and O–H groups in total. The SMILES string of the molecule is CCNc1nc(N)c(C(=O)NC2CCC(SC)C2)s1. The molecule has 1 saturated carbocycles. The van der Waals surface area contributed by atoms with Crippen molar-refractivity contribution in [2.75, 3.05) is 23.9 Å². The van der Waals surface area contributed by atoms with E-state index in [0.717, 1.165) is 19.4 Å². The van der Waals surface area contributed by atoms with Crippen LogP contribution in [0.5, 0.6) is 0 Å². The summed E-state index contributed by atoms with van der Waals surface area (Å²) >= 11 is 3.19. The number of nitrogens with zero attached hydrogens (tertiary/aromatic N) is 1. The smallest absolute Gasteiger partial charge is 0.265 e. The van der Waals surface area contributed by atoms with Crippen molar-refractivity contribution >= 4 is 40.0 Å². The first-order valence-corrected chi connectivity index (χ1v) is 8.58.